The second-order valence-corrected chi connectivity index (χ2v) is 5.35. The number of hydrogen-bond donors (Lipinski definition) is 1. The largest absolute Gasteiger partial charge is 1.00 e. The summed E-state index contributed by atoms with van der Waals surface area (Å²) in [6, 6.07) is 3.21. The number of rotatable bonds is 2. The number of ether oxygens (including phenoxy) is 1. The number of halogens is 3. The van der Waals surface area contributed by atoms with Crippen LogP contribution in [0, 0.1) is 6.92 Å². The summed E-state index contributed by atoms with van der Waals surface area (Å²) < 4.78 is 43.7. The van der Waals surface area contributed by atoms with Crippen LogP contribution in [-0.2, 0) is 4.79 Å². The average molecular weight is 324 g/mol. The molecule has 2 rings (SSSR count). The SMILES string of the molecule is Cc1cc2c(cc1C(C)C)C=C(C(=O)O)C(C(F)(F)F)O2.[H-].[Na+]. The summed E-state index contributed by atoms with van der Waals surface area (Å²) in [5, 5.41) is 8.98. The fraction of sp³-hybridized carbons (Fsp3) is 0.400. The Labute approximate surface area is 149 Å². The molecule has 0 aromatic heterocycles. The summed E-state index contributed by atoms with van der Waals surface area (Å²) in [4.78, 5) is 11.1. The maximum absolute atomic E-state index is 12.9. The normalized spacial score (nSPS) is 17.2. The van der Waals surface area contributed by atoms with Crippen LogP contribution in [0.15, 0.2) is 17.7 Å². The molecule has 0 fully saturated rings. The summed E-state index contributed by atoms with van der Waals surface area (Å²) in [7, 11) is 0. The molecule has 3 nitrogen and oxygen atoms in total. The molecule has 1 atom stereocenters. The molecule has 0 spiro atoms. The van der Waals surface area contributed by atoms with Crippen LogP contribution in [0.2, 0.25) is 0 Å². The van der Waals surface area contributed by atoms with Crippen molar-refractivity contribution < 1.29 is 58.8 Å². The summed E-state index contributed by atoms with van der Waals surface area (Å²) in [5.74, 6) is -1.39. The van der Waals surface area contributed by atoms with Crippen molar-refractivity contribution in [1.82, 2.24) is 0 Å². The summed E-state index contributed by atoms with van der Waals surface area (Å²) in [6.07, 6.45) is -6.16. The van der Waals surface area contributed by atoms with E-state index >= 15 is 0 Å². The van der Waals surface area contributed by atoms with Crippen molar-refractivity contribution in [2.75, 3.05) is 0 Å². The predicted molar refractivity (Wildman–Crippen MR) is 72.5 cm³/mol. The van der Waals surface area contributed by atoms with Gasteiger partial charge in [0.25, 0.3) is 0 Å². The molecule has 0 saturated carbocycles. The first kappa shape index (κ1) is 19.1. The Bertz CT molecular complexity index is 627. The number of benzene rings is 1. The maximum Gasteiger partial charge on any atom is 1.00 e. The number of hydrogen-bond acceptors (Lipinski definition) is 2. The van der Waals surface area contributed by atoms with E-state index in [1.165, 1.54) is 6.07 Å². The van der Waals surface area contributed by atoms with Gasteiger partial charge in [0.2, 0.25) is 6.10 Å². The zero-order valence-electron chi connectivity index (χ0n) is 13.8. The van der Waals surface area contributed by atoms with E-state index in [9.17, 15) is 18.0 Å². The van der Waals surface area contributed by atoms with Gasteiger partial charge in [-0.25, -0.2) is 4.79 Å². The Balaban J connectivity index is 0.00000242. The zero-order valence-corrected chi connectivity index (χ0v) is 14.8. The minimum absolute atomic E-state index is 0. The second-order valence-electron chi connectivity index (χ2n) is 5.35. The van der Waals surface area contributed by atoms with E-state index in [1.807, 2.05) is 13.8 Å². The topological polar surface area (TPSA) is 46.5 Å². The van der Waals surface area contributed by atoms with Gasteiger partial charge in [-0.1, -0.05) is 13.8 Å². The zero-order chi connectivity index (χ0) is 15.9. The van der Waals surface area contributed by atoms with Crippen molar-refractivity contribution in [1.29, 1.82) is 0 Å². The molecule has 0 radical (unpaired) electrons. The van der Waals surface area contributed by atoms with Gasteiger partial charge in [-0.05, 0) is 42.2 Å². The third-order valence-electron chi connectivity index (χ3n) is 3.40. The molecular weight excluding hydrogens is 308 g/mol. The molecule has 7 heteroatoms. The summed E-state index contributed by atoms with van der Waals surface area (Å²) in [6.45, 7) is 5.70. The van der Waals surface area contributed by atoms with E-state index < -0.39 is 23.8 Å². The molecule has 1 aromatic carbocycles. The summed E-state index contributed by atoms with van der Waals surface area (Å²) >= 11 is 0. The van der Waals surface area contributed by atoms with Crippen LogP contribution in [0.1, 0.15) is 37.9 Å². The van der Waals surface area contributed by atoms with Gasteiger partial charge in [-0.3, -0.25) is 0 Å². The smallest absolute Gasteiger partial charge is 1.00 e. The molecule has 0 bridgehead atoms. The van der Waals surface area contributed by atoms with Crippen LogP contribution in [0.4, 0.5) is 13.2 Å². The number of aryl methyl sites for hydroxylation is 1. The molecule has 1 N–H and O–H groups in total. The molecular formula is C15H16F3NaO3. The van der Waals surface area contributed by atoms with Crippen molar-refractivity contribution in [3.63, 3.8) is 0 Å². The van der Waals surface area contributed by atoms with E-state index in [1.54, 1.807) is 13.0 Å². The monoisotopic (exact) mass is 324 g/mol. The van der Waals surface area contributed by atoms with E-state index in [4.69, 9.17) is 9.84 Å². The number of carbonyl (C=O) groups is 1. The van der Waals surface area contributed by atoms with Gasteiger partial charge in [0, 0.05) is 5.56 Å². The fourth-order valence-electron chi connectivity index (χ4n) is 2.40. The Morgan fingerprint density at radius 2 is 1.95 bits per heavy atom. The molecule has 1 aliphatic heterocycles. The van der Waals surface area contributed by atoms with Crippen LogP contribution >= 0.6 is 0 Å². The first-order chi connectivity index (χ1) is 9.61. The van der Waals surface area contributed by atoms with E-state index in [0.717, 1.165) is 17.2 Å². The molecule has 0 aliphatic carbocycles. The van der Waals surface area contributed by atoms with Crippen molar-refractivity contribution >= 4 is 12.0 Å². The van der Waals surface area contributed by atoms with Crippen LogP contribution in [0.5, 0.6) is 5.75 Å². The Morgan fingerprint density at radius 3 is 2.41 bits per heavy atom. The predicted octanol–water partition coefficient (Wildman–Crippen LogP) is 1.03. The molecule has 0 saturated heterocycles. The third kappa shape index (κ3) is 3.67. The molecule has 1 aliphatic rings. The number of fused-ring (bicyclic) bond motifs is 1. The van der Waals surface area contributed by atoms with Gasteiger partial charge in [-0.15, -0.1) is 0 Å². The minimum atomic E-state index is -4.77. The maximum atomic E-state index is 12.9. The van der Waals surface area contributed by atoms with Crippen LogP contribution in [-0.4, -0.2) is 23.4 Å². The number of carboxylic acids is 1. The van der Waals surface area contributed by atoms with Crippen molar-refractivity contribution in [2.45, 2.75) is 39.0 Å². The van der Waals surface area contributed by atoms with Gasteiger partial charge in [0.15, 0.2) is 0 Å². The van der Waals surface area contributed by atoms with Crippen LogP contribution in [0.3, 0.4) is 0 Å². The second kappa shape index (κ2) is 6.64. The van der Waals surface area contributed by atoms with E-state index in [0.29, 0.717) is 5.56 Å². The molecule has 116 valence electrons. The Morgan fingerprint density at radius 1 is 1.36 bits per heavy atom. The molecule has 1 aromatic rings. The van der Waals surface area contributed by atoms with Gasteiger partial charge in [0.05, 0.1) is 5.57 Å². The first-order valence-corrected chi connectivity index (χ1v) is 6.44. The Kier molecular flexibility index (Phi) is 5.76. The standard InChI is InChI=1S/C15H15F3O3.Na.H/c1-7(2)10-5-9-6-11(14(19)20)13(15(16,17)18)21-12(9)4-8(10)3;;/h4-7,13H,1-3H3,(H,19,20);;/q;+1;-1. The van der Waals surface area contributed by atoms with E-state index in [2.05, 4.69) is 0 Å². The number of aliphatic carboxylic acids is 1. The van der Waals surface area contributed by atoms with Gasteiger partial charge in [-0.2, -0.15) is 13.2 Å². The summed E-state index contributed by atoms with van der Waals surface area (Å²) in [5.41, 5.74) is 1.33. The van der Waals surface area contributed by atoms with E-state index in [-0.39, 0.29) is 42.7 Å². The molecule has 22 heavy (non-hydrogen) atoms. The number of alkyl halides is 3. The van der Waals surface area contributed by atoms with Crippen molar-refractivity contribution in [3.8, 4) is 5.75 Å². The van der Waals surface area contributed by atoms with Crippen molar-refractivity contribution in [2.24, 2.45) is 0 Å². The minimum Gasteiger partial charge on any atom is -1.00 e. The first-order valence-electron chi connectivity index (χ1n) is 6.44. The average Bonchev–Trinajstić information content (AvgIpc) is 2.34. The molecule has 0 amide bonds. The Hall–Kier alpha value is -0.980. The van der Waals surface area contributed by atoms with Crippen LogP contribution in [0.25, 0.3) is 6.08 Å². The number of carboxylic acid groups (broad SMARTS) is 1. The molecule has 1 unspecified atom stereocenters. The fourth-order valence-corrected chi connectivity index (χ4v) is 2.40. The van der Waals surface area contributed by atoms with Crippen LogP contribution < -0.4 is 34.3 Å². The third-order valence-corrected chi connectivity index (χ3v) is 3.40. The van der Waals surface area contributed by atoms with Gasteiger partial charge < -0.3 is 11.3 Å². The van der Waals surface area contributed by atoms with Gasteiger partial charge >= 0.3 is 41.7 Å². The van der Waals surface area contributed by atoms with Gasteiger partial charge in [0.1, 0.15) is 5.75 Å². The quantitative estimate of drug-likeness (QED) is 0.827. The molecule has 1 heterocycles. The van der Waals surface area contributed by atoms with Crippen molar-refractivity contribution in [3.05, 3.63) is 34.4 Å².